The van der Waals surface area contributed by atoms with Gasteiger partial charge in [-0.25, -0.2) is 8.78 Å². The highest BCUT2D eigenvalue weighted by molar-refractivity contribution is 5.94. The molecule has 1 fully saturated rings. The lowest BCUT2D eigenvalue weighted by Gasteiger charge is -2.34. The van der Waals surface area contributed by atoms with E-state index in [4.69, 9.17) is 0 Å². The fourth-order valence-electron chi connectivity index (χ4n) is 3.64. The van der Waals surface area contributed by atoms with Crippen molar-refractivity contribution < 1.29 is 13.6 Å². The molecular formula is C24H22F2N2O. The fraction of sp³-hybridized carbons (Fsp3) is 0.208. The van der Waals surface area contributed by atoms with Gasteiger partial charge in [-0.05, 0) is 29.3 Å². The molecule has 3 aromatic rings. The summed E-state index contributed by atoms with van der Waals surface area (Å²) in [5.74, 6) is -1.61. The lowest BCUT2D eigenvalue weighted by Crippen LogP contribution is -2.48. The molecule has 3 nitrogen and oxygen atoms in total. The van der Waals surface area contributed by atoms with Crippen LogP contribution in [0.1, 0.15) is 15.9 Å². The number of rotatable bonds is 4. The van der Waals surface area contributed by atoms with Crippen molar-refractivity contribution in [1.29, 1.82) is 0 Å². The molecule has 0 saturated carbocycles. The van der Waals surface area contributed by atoms with Crippen molar-refractivity contribution in [2.24, 2.45) is 0 Å². The van der Waals surface area contributed by atoms with E-state index >= 15 is 0 Å². The molecule has 0 bridgehead atoms. The number of carbonyl (C=O) groups is 1. The van der Waals surface area contributed by atoms with E-state index in [0.717, 1.165) is 17.2 Å². The van der Waals surface area contributed by atoms with E-state index in [1.165, 1.54) is 6.07 Å². The first-order valence-electron chi connectivity index (χ1n) is 9.72. The Kier molecular flexibility index (Phi) is 5.67. The maximum Gasteiger partial charge on any atom is 0.253 e. The van der Waals surface area contributed by atoms with Crippen LogP contribution in [0.5, 0.6) is 0 Å². The number of hydrogen-bond acceptors (Lipinski definition) is 2. The quantitative estimate of drug-likeness (QED) is 0.648. The molecule has 0 unspecified atom stereocenters. The molecular weight excluding hydrogens is 370 g/mol. The summed E-state index contributed by atoms with van der Waals surface area (Å²) in [5.41, 5.74) is 3.20. The number of piperazine rings is 1. The Morgan fingerprint density at radius 1 is 0.759 bits per heavy atom. The van der Waals surface area contributed by atoms with Gasteiger partial charge in [-0.3, -0.25) is 9.69 Å². The van der Waals surface area contributed by atoms with Crippen molar-refractivity contribution >= 4 is 5.91 Å². The fourth-order valence-corrected chi connectivity index (χ4v) is 3.64. The Morgan fingerprint density at radius 2 is 1.41 bits per heavy atom. The monoisotopic (exact) mass is 392 g/mol. The predicted molar refractivity (Wildman–Crippen MR) is 109 cm³/mol. The summed E-state index contributed by atoms with van der Waals surface area (Å²) in [6.07, 6.45) is 0. The maximum atomic E-state index is 13.9. The molecule has 0 aromatic heterocycles. The van der Waals surface area contributed by atoms with E-state index in [1.807, 2.05) is 64.4 Å². The van der Waals surface area contributed by atoms with Gasteiger partial charge in [0, 0.05) is 43.9 Å². The SMILES string of the molecule is O=C(c1ccc(-c2ccccc2)cc1)N1CCN(Cc2cccc(F)c2F)CC1. The average Bonchev–Trinajstić information content (AvgIpc) is 2.78. The van der Waals surface area contributed by atoms with E-state index in [0.29, 0.717) is 43.9 Å². The molecule has 1 aliphatic heterocycles. The van der Waals surface area contributed by atoms with Gasteiger partial charge in [0.2, 0.25) is 0 Å². The van der Waals surface area contributed by atoms with Crippen molar-refractivity contribution in [3.8, 4) is 11.1 Å². The molecule has 0 atom stereocenters. The van der Waals surface area contributed by atoms with Crippen LogP contribution in [0.4, 0.5) is 8.78 Å². The van der Waals surface area contributed by atoms with Crippen molar-refractivity contribution in [3.63, 3.8) is 0 Å². The summed E-state index contributed by atoms with van der Waals surface area (Å²) >= 11 is 0. The summed E-state index contributed by atoms with van der Waals surface area (Å²) in [7, 11) is 0. The maximum absolute atomic E-state index is 13.9. The first-order chi connectivity index (χ1) is 14.1. The van der Waals surface area contributed by atoms with E-state index in [2.05, 4.69) is 0 Å². The first-order valence-corrected chi connectivity index (χ1v) is 9.72. The third-order valence-electron chi connectivity index (χ3n) is 5.32. The van der Waals surface area contributed by atoms with Gasteiger partial charge in [0.1, 0.15) is 0 Å². The molecule has 0 aliphatic carbocycles. The Hall–Kier alpha value is -3.05. The molecule has 1 aliphatic rings. The van der Waals surface area contributed by atoms with Gasteiger partial charge < -0.3 is 4.90 Å². The highest BCUT2D eigenvalue weighted by Crippen LogP contribution is 2.20. The van der Waals surface area contributed by atoms with Gasteiger partial charge in [-0.2, -0.15) is 0 Å². The standard InChI is InChI=1S/C24H22F2N2O/c25-22-8-4-7-21(23(22)26)17-27-13-15-28(16-14-27)24(29)20-11-9-19(10-12-20)18-5-2-1-3-6-18/h1-12H,13-17H2. The molecule has 1 amide bonds. The third kappa shape index (κ3) is 4.35. The Bertz CT molecular complexity index is 982. The summed E-state index contributed by atoms with van der Waals surface area (Å²) in [5, 5.41) is 0. The van der Waals surface area contributed by atoms with Gasteiger partial charge in [-0.1, -0.05) is 54.6 Å². The second-order valence-corrected chi connectivity index (χ2v) is 7.22. The molecule has 0 N–H and O–H groups in total. The summed E-state index contributed by atoms with van der Waals surface area (Å²) < 4.78 is 27.3. The highest BCUT2D eigenvalue weighted by Gasteiger charge is 2.23. The minimum absolute atomic E-state index is 0.00111. The van der Waals surface area contributed by atoms with Crippen LogP contribution in [-0.4, -0.2) is 41.9 Å². The van der Waals surface area contributed by atoms with E-state index < -0.39 is 11.6 Å². The number of carbonyl (C=O) groups excluding carboxylic acids is 1. The third-order valence-corrected chi connectivity index (χ3v) is 5.32. The predicted octanol–water partition coefficient (Wildman–Crippen LogP) is 4.59. The van der Waals surface area contributed by atoms with Crippen molar-refractivity contribution in [2.45, 2.75) is 6.54 Å². The van der Waals surface area contributed by atoms with Crippen LogP contribution in [0, 0.1) is 11.6 Å². The van der Waals surface area contributed by atoms with Crippen LogP contribution >= 0.6 is 0 Å². The van der Waals surface area contributed by atoms with Crippen LogP contribution in [-0.2, 0) is 6.54 Å². The Labute approximate surface area is 169 Å². The second-order valence-electron chi connectivity index (χ2n) is 7.22. The molecule has 0 radical (unpaired) electrons. The smallest absolute Gasteiger partial charge is 0.253 e. The summed E-state index contributed by atoms with van der Waals surface area (Å²) in [6, 6.07) is 21.9. The Balaban J connectivity index is 1.36. The molecule has 1 heterocycles. The number of hydrogen-bond donors (Lipinski definition) is 0. The molecule has 29 heavy (non-hydrogen) atoms. The zero-order valence-corrected chi connectivity index (χ0v) is 16.0. The number of halogens is 2. The normalized spacial score (nSPS) is 14.8. The van der Waals surface area contributed by atoms with Crippen LogP contribution in [0.15, 0.2) is 72.8 Å². The zero-order valence-electron chi connectivity index (χ0n) is 16.0. The van der Waals surface area contributed by atoms with Gasteiger partial charge in [0.25, 0.3) is 5.91 Å². The minimum atomic E-state index is -0.824. The number of nitrogens with zero attached hydrogens (tertiary/aromatic N) is 2. The lowest BCUT2D eigenvalue weighted by atomic mass is 10.0. The molecule has 0 spiro atoms. The van der Waals surface area contributed by atoms with Crippen LogP contribution in [0.3, 0.4) is 0 Å². The van der Waals surface area contributed by atoms with Gasteiger partial charge >= 0.3 is 0 Å². The van der Waals surface area contributed by atoms with E-state index in [1.54, 1.807) is 6.07 Å². The summed E-state index contributed by atoms with van der Waals surface area (Å²) in [6.45, 7) is 2.73. The summed E-state index contributed by atoms with van der Waals surface area (Å²) in [4.78, 5) is 16.7. The zero-order chi connectivity index (χ0) is 20.2. The molecule has 4 rings (SSSR count). The largest absolute Gasteiger partial charge is 0.336 e. The van der Waals surface area contributed by atoms with Gasteiger partial charge in [-0.15, -0.1) is 0 Å². The lowest BCUT2D eigenvalue weighted by molar-refractivity contribution is 0.0627. The highest BCUT2D eigenvalue weighted by atomic mass is 19.2. The number of benzene rings is 3. The van der Waals surface area contributed by atoms with E-state index in [9.17, 15) is 13.6 Å². The van der Waals surface area contributed by atoms with Crippen molar-refractivity contribution in [3.05, 3.63) is 95.6 Å². The topological polar surface area (TPSA) is 23.6 Å². The van der Waals surface area contributed by atoms with Crippen molar-refractivity contribution in [2.75, 3.05) is 26.2 Å². The molecule has 5 heteroatoms. The van der Waals surface area contributed by atoms with Crippen LogP contribution < -0.4 is 0 Å². The Morgan fingerprint density at radius 3 is 2.10 bits per heavy atom. The molecule has 3 aromatic carbocycles. The first kappa shape index (κ1) is 19.3. The second kappa shape index (κ2) is 8.53. The molecule has 1 saturated heterocycles. The van der Waals surface area contributed by atoms with E-state index in [-0.39, 0.29) is 5.91 Å². The van der Waals surface area contributed by atoms with Gasteiger partial charge in [0.15, 0.2) is 11.6 Å². The van der Waals surface area contributed by atoms with Gasteiger partial charge in [0.05, 0.1) is 0 Å². The minimum Gasteiger partial charge on any atom is -0.336 e. The van der Waals surface area contributed by atoms with Crippen molar-refractivity contribution in [1.82, 2.24) is 9.80 Å². The van der Waals surface area contributed by atoms with Crippen LogP contribution in [0.25, 0.3) is 11.1 Å². The molecule has 148 valence electrons. The van der Waals surface area contributed by atoms with Crippen LogP contribution in [0.2, 0.25) is 0 Å². The average molecular weight is 392 g/mol. The number of amides is 1.